The molecule has 0 amide bonds. The largest absolute Gasteiger partial charge is 0.478 e. The predicted molar refractivity (Wildman–Crippen MR) is 58.2 cm³/mol. The number of pyridine rings is 1. The van der Waals surface area contributed by atoms with Gasteiger partial charge in [-0.1, -0.05) is 6.92 Å². The van der Waals surface area contributed by atoms with Crippen LogP contribution in [0, 0.1) is 10.1 Å². The Balaban J connectivity index is 3.13. The van der Waals surface area contributed by atoms with Crippen LogP contribution >= 0.6 is 0 Å². The van der Waals surface area contributed by atoms with Crippen LogP contribution in [0.2, 0.25) is 0 Å². The first kappa shape index (κ1) is 12.9. The summed E-state index contributed by atoms with van der Waals surface area (Å²) in [7, 11) is 0. The Hall–Kier alpha value is -2.18. The maximum absolute atomic E-state index is 10.8. The molecule has 7 nitrogen and oxygen atoms in total. The third-order valence-corrected chi connectivity index (χ3v) is 2.16. The van der Waals surface area contributed by atoms with Crippen LogP contribution in [0.3, 0.4) is 0 Å². The molecule has 1 rings (SSSR count). The maximum atomic E-state index is 10.8. The zero-order valence-corrected chi connectivity index (χ0v) is 9.41. The summed E-state index contributed by atoms with van der Waals surface area (Å²) in [5.74, 6) is -1.43. The second kappa shape index (κ2) is 5.24. The fourth-order valence-corrected chi connectivity index (χ4v) is 1.05. The molecular weight excluding hydrogens is 228 g/mol. The van der Waals surface area contributed by atoms with Crippen LogP contribution in [-0.2, 0) is 0 Å². The number of nitro groups is 1. The van der Waals surface area contributed by atoms with Gasteiger partial charge < -0.3 is 9.84 Å². The number of carbonyl (C=O) groups is 1. The molecule has 0 saturated heterocycles. The van der Waals surface area contributed by atoms with Crippen LogP contribution in [0.1, 0.15) is 30.6 Å². The second-order valence-electron chi connectivity index (χ2n) is 3.45. The normalized spacial score (nSPS) is 11.9. The van der Waals surface area contributed by atoms with Gasteiger partial charge in [0.15, 0.2) is 0 Å². The molecule has 1 aromatic heterocycles. The van der Waals surface area contributed by atoms with Crippen molar-refractivity contribution in [3.63, 3.8) is 0 Å². The van der Waals surface area contributed by atoms with Crippen LogP contribution in [0.15, 0.2) is 12.3 Å². The number of nitrogens with zero attached hydrogens (tertiary/aromatic N) is 2. The van der Waals surface area contributed by atoms with Gasteiger partial charge in [0.05, 0.1) is 16.6 Å². The molecule has 1 atom stereocenters. The van der Waals surface area contributed by atoms with E-state index in [0.717, 1.165) is 12.3 Å². The minimum Gasteiger partial charge on any atom is -0.478 e. The zero-order chi connectivity index (χ0) is 13.0. The molecular formula is C10H12N2O5. The molecule has 0 radical (unpaired) electrons. The topological polar surface area (TPSA) is 103 Å². The highest BCUT2D eigenvalue weighted by Gasteiger charge is 2.21. The summed E-state index contributed by atoms with van der Waals surface area (Å²) >= 11 is 0. The molecule has 0 fully saturated rings. The van der Waals surface area contributed by atoms with Gasteiger partial charge in [-0.05, 0) is 13.3 Å². The molecule has 0 aliphatic rings. The standard InChI is InChI=1S/C10H12N2O5/c1-3-6(2)17-9-8(12(15)16)4-7(5-11-9)10(13)14/h4-6H,3H2,1-2H3,(H,13,14). The number of carboxylic acid groups (broad SMARTS) is 1. The van der Waals surface area contributed by atoms with Gasteiger partial charge in [0.25, 0.3) is 5.88 Å². The van der Waals surface area contributed by atoms with Gasteiger partial charge >= 0.3 is 11.7 Å². The number of carboxylic acids is 1. The Morgan fingerprint density at radius 1 is 1.71 bits per heavy atom. The average Bonchev–Trinajstić information content (AvgIpc) is 2.28. The average molecular weight is 240 g/mol. The van der Waals surface area contributed by atoms with E-state index >= 15 is 0 Å². The van der Waals surface area contributed by atoms with Crippen LogP contribution in [0.25, 0.3) is 0 Å². The van der Waals surface area contributed by atoms with Crippen molar-refractivity contribution in [3.05, 3.63) is 27.9 Å². The first-order chi connectivity index (χ1) is 7.95. The van der Waals surface area contributed by atoms with Crippen molar-refractivity contribution in [2.24, 2.45) is 0 Å². The zero-order valence-electron chi connectivity index (χ0n) is 9.41. The highest BCUT2D eigenvalue weighted by molar-refractivity contribution is 5.88. The van der Waals surface area contributed by atoms with Gasteiger partial charge in [0.1, 0.15) is 0 Å². The van der Waals surface area contributed by atoms with Gasteiger partial charge in [-0.15, -0.1) is 0 Å². The first-order valence-corrected chi connectivity index (χ1v) is 5.00. The first-order valence-electron chi connectivity index (χ1n) is 5.00. The lowest BCUT2D eigenvalue weighted by Gasteiger charge is -2.11. The van der Waals surface area contributed by atoms with E-state index in [-0.39, 0.29) is 17.5 Å². The molecule has 17 heavy (non-hydrogen) atoms. The summed E-state index contributed by atoms with van der Waals surface area (Å²) in [4.78, 5) is 24.4. The van der Waals surface area contributed by atoms with E-state index in [1.165, 1.54) is 0 Å². The molecule has 0 spiro atoms. The summed E-state index contributed by atoms with van der Waals surface area (Å²) in [5.41, 5.74) is -0.682. The number of aromatic nitrogens is 1. The smallest absolute Gasteiger partial charge is 0.337 e. The summed E-state index contributed by atoms with van der Waals surface area (Å²) in [6.07, 6.45) is 1.48. The molecule has 1 heterocycles. The third-order valence-electron chi connectivity index (χ3n) is 2.16. The summed E-state index contributed by atoms with van der Waals surface area (Å²) in [6, 6.07) is 0.938. The molecule has 0 aromatic carbocycles. The number of hydrogen-bond donors (Lipinski definition) is 1. The van der Waals surface area contributed by atoms with Gasteiger partial charge in [-0.3, -0.25) is 10.1 Å². The van der Waals surface area contributed by atoms with Crippen LogP contribution in [-0.4, -0.2) is 27.1 Å². The molecule has 7 heteroatoms. The van der Waals surface area contributed by atoms with Crippen molar-refractivity contribution in [1.82, 2.24) is 4.98 Å². The Morgan fingerprint density at radius 3 is 2.82 bits per heavy atom. The molecule has 1 aromatic rings. The van der Waals surface area contributed by atoms with E-state index in [9.17, 15) is 14.9 Å². The fraction of sp³-hybridized carbons (Fsp3) is 0.400. The molecule has 1 unspecified atom stereocenters. The second-order valence-corrected chi connectivity index (χ2v) is 3.45. The van der Waals surface area contributed by atoms with E-state index in [0.29, 0.717) is 6.42 Å². The quantitative estimate of drug-likeness (QED) is 0.622. The van der Waals surface area contributed by atoms with E-state index in [1.54, 1.807) is 6.92 Å². The molecule has 0 saturated carbocycles. The molecule has 1 N–H and O–H groups in total. The summed E-state index contributed by atoms with van der Waals surface area (Å²) in [6.45, 7) is 3.61. The number of ether oxygens (including phenoxy) is 1. The van der Waals surface area contributed by atoms with Crippen molar-refractivity contribution in [3.8, 4) is 5.88 Å². The number of hydrogen-bond acceptors (Lipinski definition) is 5. The highest BCUT2D eigenvalue weighted by Crippen LogP contribution is 2.26. The predicted octanol–water partition coefficient (Wildman–Crippen LogP) is 1.87. The Labute approximate surface area is 97.2 Å². The monoisotopic (exact) mass is 240 g/mol. The Bertz CT molecular complexity index is 446. The highest BCUT2D eigenvalue weighted by atomic mass is 16.6. The Morgan fingerprint density at radius 2 is 2.35 bits per heavy atom. The minimum atomic E-state index is -1.27. The fourth-order valence-electron chi connectivity index (χ4n) is 1.05. The molecule has 0 bridgehead atoms. The summed E-state index contributed by atoms with van der Waals surface area (Å²) < 4.78 is 5.24. The lowest BCUT2D eigenvalue weighted by Crippen LogP contribution is -2.12. The van der Waals surface area contributed by atoms with Crippen LogP contribution in [0.4, 0.5) is 5.69 Å². The SMILES string of the molecule is CCC(C)Oc1ncc(C(=O)O)cc1[N+](=O)[O-]. The third kappa shape index (κ3) is 3.13. The van der Waals surface area contributed by atoms with E-state index in [1.807, 2.05) is 6.92 Å². The van der Waals surface area contributed by atoms with E-state index in [2.05, 4.69) is 4.98 Å². The van der Waals surface area contributed by atoms with Crippen molar-refractivity contribution >= 4 is 11.7 Å². The van der Waals surface area contributed by atoms with Crippen molar-refractivity contribution < 1.29 is 19.6 Å². The van der Waals surface area contributed by atoms with Gasteiger partial charge in [0.2, 0.25) is 0 Å². The van der Waals surface area contributed by atoms with Crippen LogP contribution < -0.4 is 4.74 Å². The van der Waals surface area contributed by atoms with Gasteiger partial charge in [-0.25, -0.2) is 9.78 Å². The lowest BCUT2D eigenvalue weighted by atomic mass is 10.2. The van der Waals surface area contributed by atoms with Crippen LogP contribution in [0.5, 0.6) is 5.88 Å². The summed E-state index contributed by atoms with van der Waals surface area (Å²) in [5, 5.41) is 19.5. The van der Waals surface area contributed by atoms with Gasteiger partial charge in [-0.2, -0.15) is 0 Å². The van der Waals surface area contributed by atoms with E-state index in [4.69, 9.17) is 9.84 Å². The number of rotatable bonds is 5. The number of aromatic carboxylic acids is 1. The van der Waals surface area contributed by atoms with E-state index < -0.39 is 16.6 Å². The van der Waals surface area contributed by atoms with Crippen molar-refractivity contribution in [2.45, 2.75) is 26.4 Å². The van der Waals surface area contributed by atoms with Crippen molar-refractivity contribution in [2.75, 3.05) is 0 Å². The molecule has 0 aliphatic heterocycles. The van der Waals surface area contributed by atoms with Crippen molar-refractivity contribution in [1.29, 1.82) is 0 Å². The minimum absolute atomic E-state index is 0.158. The maximum Gasteiger partial charge on any atom is 0.337 e. The van der Waals surface area contributed by atoms with Gasteiger partial charge in [0, 0.05) is 12.3 Å². The Kier molecular flexibility index (Phi) is 3.97. The molecule has 0 aliphatic carbocycles. The molecule has 92 valence electrons. The lowest BCUT2D eigenvalue weighted by molar-refractivity contribution is -0.386.